The summed E-state index contributed by atoms with van der Waals surface area (Å²) in [5.74, 6) is 0.184. The van der Waals surface area contributed by atoms with Gasteiger partial charge >= 0.3 is 0 Å². The second-order valence-corrected chi connectivity index (χ2v) is 6.36. The molecule has 0 fully saturated rings. The SMILES string of the molecule is Cc1cccc([C@@H]2CC(=O)N(N(C)C)C3=C2C(=O)CCC3)c1. The van der Waals surface area contributed by atoms with Crippen molar-refractivity contribution in [2.45, 2.75) is 38.5 Å². The molecule has 2 aliphatic rings. The third-order valence-electron chi connectivity index (χ3n) is 4.49. The zero-order chi connectivity index (χ0) is 15.9. The summed E-state index contributed by atoms with van der Waals surface area (Å²) in [6.45, 7) is 2.04. The van der Waals surface area contributed by atoms with Crippen LogP contribution >= 0.6 is 0 Å². The fourth-order valence-electron chi connectivity index (χ4n) is 3.61. The highest BCUT2D eigenvalue weighted by molar-refractivity contribution is 6.01. The van der Waals surface area contributed by atoms with Crippen molar-refractivity contribution >= 4 is 11.7 Å². The maximum absolute atomic E-state index is 12.6. The van der Waals surface area contributed by atoms with Crippen LogP contribution in [-0.4, -0.2) is 35.8 Å². The summed E-state index contributed by atoms with van der Waals surface area (Å²) in [7, 11) is 3.71. The van der Waals surface area contributed by atoms with Gasteiger partial charge in [0.2, 0.25) is 5.91 Å². The lowest BCUT2D eigenvalue weighted by Crippen LogP contribution is -2.47. The van der Waals surface area contributed by atoms with Crippen molar-refractivity contribution in [3.05, 3.63) is 46.7 Å². The molecule has 1 aromatic rings. The molecular weight excluding hydrogens is 276 g/mol. The molecule has 0 saturated carbocycles. The summed E-state index contributed by atoms with van der Waals surface area (Å²) in [4.78, 5) is 25.2. The standard InChI is InChI=1S/C18H22N2O2/c1-12-6-4-7-13(10-12)14-11-17(22)20(19(2)3)15-8-5-9-16(21)18(14)15/h4,6-7,10,14H,5,8-9,11H2,1-3H3/t14-/m0/s1. The average Bonchev–Trinajstić information content (AvgIpc) is 2.46. The topological polar surface area (TPSA) is 40.6 Å². The van der Waals surface area contributed by atoms with Gasteiger partial charge in [-0.3, -0.25) is 9.59 Å². The number of aryl methyl sites for hydroxylation is 1. The van der Waals surface area contributed by atoms with Crippen molar-refractivity contribution in [3.8, 4) is 0 Å². The number of carbonyl (C=O) groups is 2. The smallest absolute Gasteiger partial charge is 0.242 e. The lowest BCUT2D eigenvalue weighted by molar-refractivity contribution is -0.143. The molecule has 0 bridgehead atoms. The number of nitrogens with zero attached hydrogens (tertiary/aromatic N) is 2. The Morgan fingerprint density at radius 1 is 1.18 bits per heavy atom. The number of carbonyl (C=O) groups excluding carboxylic acids is 2. The maximum atomic E-state index is 12.6. The summed E-state index contributed by atoms with van der Waals surface area (Å²) in [6.07, 6.45) is 2.59. The van der Waals surface area contributed by atoms with Crippen molar-refractivity contribution in [1.82, 2.24) is 10.0 Å². The first-order valence-electron chi connectivity index (χ1n) is 7.82. The van der Waals surface area contributed by atoms with Gasteiger partial charge in [-0.15, -0.1) is 0 Å². The minimum absolute atomic E-state index is 0.0740. The van der Waals surface area contributed by atoms with E-state index in [1.807, 2.05) is 39.2 Å². The van der Waals surface area contributed by atoms with Gasteiger partial charge in [-0.25, -0.2) is 10.0 Å². The van der Waals surface area contributed by atoms with Gasteiger partial charge in [0.05, 0.1) is 0 Å². The second-order valence-electron chi connectivity index (χ2n) is 6.36. The average molecular weight is 298 g/mol. The maximum Gasteiger partial charge on any atom is 0.242 e. The highest BCUT2D eigenvalue weighted by Crippen LogP contribution is 2.41. The van der Waals surface area contributed by atoms with Crippen LogP contribution in [0.25, 0.3) is 0 Å². The summed E-state index contributed by atoms with van der Waals surface area (Å²) in [6, 6.07) is 8.16. The van der Waals surface area contributed by atoms with Gasteiger partial charge in [-0.1, -0.05) is 29.8 Å². The van der Waals surface area contributed by atoms with Crippen LogP contribution in [-0.2, 0) is 9.59 Å². The first kappa shape index (κ1) is 15.0. The van der Waals surface area contributed by atoms with Crippen LogP contribution in [0.5, 0.6) is 0 Å². The van der Waals surface area contributed by atoms with Gasteiger partial charge in [0.25, 0.3) is 0 Å². The lowest BCUT2D eigenvalue weighted by Gasteiger charge is -2.41. The normalized spacial score (nSPS) is 22.4. The Kier molecular flexibility index (Phi) is 3.87. The number of hydrazine groups is 1. The summed E-state index contributed by atoms with van der Waals surface area (Å²) >= 11 is 0. The largest absolute Gasteiger partial charge is 0.294 e. The van der Waals surface area contributed by atoms with E-state index >= 15 is 0 Å². The molecule has 1 aliphatic heterocycles. The summed E-state index contributed by atoms with van der Waals surface area (Å²) in [5.41, 5.74) is 3.99. The molecule has 0 saturated heterocycles. The van der Waals surface area contributed by atoms with Gasteiger partial charge < -0.3 is 0 Å². The minimum atomic E-state index is -0.0913. The van der Waals surface area contributed by atoms with Crippen molar-refractivity contribution in [1.29, 1.82) is 0 Å². The van der Waals surface area contributed by atoms with Gasteiger partial charge in [0.1, 0.15) is 0 Å². The van der Waals surface area contributed by atoms with E-state index in [0.717, 1.165) is 35.2 Å². The molecule has 1 amide bonds. The number of rotatable bonds is 2. The molecule has 1 heterocycles. The Morgan fingerprint density at radius 3 is 2.64 bits per heavy atom. The molecule has 0 spiro atoms. The molecule has 1 atom stereocenters. The van der Waals surface area contributed by atoms with E-state index in [2.05, 4.69) is 6.07 Å². The van der Waals surface area contributed by atoms with E-state index in [1.54, 1.807) is 10.0 Å². The molecule has 3 rings (SSSR count). The van der Waals surface area contributed by atoms with Crippen LogP contribution in [0.3, 0.4) is 0 Å². The third kappa shape index (κ3) is 2.48. The molecule has 116 valence electrons. The summed E-state index contributed by atoms with van der Waals surface area (Å²) in [5, 5.41) is 3.49. The molecule has 4 heteroatoms. The summed E-state index contributed by atoms with van der Waals surface area (Å²) < 4.78 is 0. The molecule has 4 nitrogen and oxygen atoms in total. The third-order valence-corrected chi connectivity index (χ3v) is 4.49. The van der Waals surface area contributed by atoms with Crippen molar-refractivity contribution in [2.75, 3.05) is 14.1 Å². The monoisotopic (exact) mass is 298 g/mol. The molecular formula is C18H22N2O2. The van der Waals surface area contributed by atoms with E-state index < -0.39 is 0 Å². The van der Waals surface area contributed by atoms with Crippen LogP contribution in [0.15, 0.2) is 35.5 Å². The zero-order valence-electron chi connectivity index (χ0n) is 13.4. The predicted molar refractivity (Wildman–Crippen MR) is 85.0 cm³/mol. The Hall–Kier alpha value is -1.94. The van der Waals surface area contributed by atoms with Gasteiger partial charge in [-0.2, -0.15) is 0 Å². The van der Waals surface area contributed by atoms with Crippen LogP contribution in [0.2, 0.25) is 0 Å². The van der Waals surface area contributed by atoms with Gasteiger partial charge in [-0.05, 0) is 25.3 Å². The number of ketones is 1. The van der Waals surface area contributed by atoms with Crippen LogP contribution in [0.1, 0.15) is 42.7 Å². The van der Waals surface area contributed by atoms with E-state index in [-0.39, 0.29) is 17.6 Å². The molecule has 1 aromatic carbocycles. The number of allylic oxidation sites excluding steroid dienone is 2. The minimum Gasteiger partial charge on any atom is -0.294 e. The Labute approximate surface area is 131 Å². The van der Waals surface area contributed by atoms with Crippen LogP contribution in [0, 0.1) is 6.92 Å². The fourth-order valence-corrected chi connectivity index (χ4v) is 3.61. The predicted octanol–water partition coefficient (Wildman–Crippen LogP) is 2.79. The molecule has 22 heavy (non-hydrogen) atoms. The molecule has 0 unspecified atom stereocenters. The first-order chi connectivity index (χ1) is 10.5. The Morgan fingerprint density at radius 2 is 1.95 bits per heavy atom. The Balaban J connectivity index is 2.13. The molecule has 0 N–H and O–H groups in total. The second kappa shape index (κ2) is 5.69. The van der Waals surface area contributed by atoms with E-state index in [9.17, 15) is 9.59 Å². The van der Waals surface area contributed by atoms with Crippen molar-refractivity contribution < 1.29 is 9.59 Å². The van der Waals surface area contributed by atoms with E-state index in [4.69, 9.17) is 0 Å². The van der Waals surface area contributed by atoms with Crippen LogP contribution in [0.4, 0.5) is 0 Å². The van der Waals surface area contributed by atoms with Crippen LogP contribution < -0.4 is 0 Å². The van der Waals surface area contributed by atoms with Crippen molar-refractivity contribution in [2.24, 2.45) is 0 Å². The van der Waals surface area contributed by atoms with E-state index in [1.165, 1.54) is 0 Å². The Bertz CT molecular complexity index is 661. The number of amides is 1. The quantitative estimate of drug-likeness (QED) is 0.843. The number of Topliss-reactive ketones (excluding diaryl/α,β-unsaturated/α-hetero) is 1. The molecule has 0 aromatic heterocycles. The zero-order valence-corrected chi connectivity index (χ0v) is 13.4. The number of hydrogen-bond donors (Lipinski definition) is 0. The highest BCUT2D eigenvalue weighted by atomic mass is 16.2. The highest BCUT2D eigenvalue weighted by Gasteiger charge is 2.39. The van der Waals surface area contributed by atoms with Gasteiger partial charge in [0, 0.05) is 44.1 Å². The fraction of sp³-hybridized carbons (Fsp3) is 0.444. The van der Waals surface area contributed by atoms with E-state index in [0.29, 0.717) is 12.8 Å². The number of benzene rings is 1. The van der Waals surface area contributed by atoms with Crippen molar-refractivity contribution in [3.63, 3.8) is 0 Å². The molecule has 1 aliphatic carbocycles. The molecule has 0 radical (unpaired) electrons. The lowest BCUT2D eigenvalue weighted by atomic mass is 9.77. The first-order valence-corrected chi connectivity index (χ1v) is 7.82. The van der Waals surface area contributed by atoms with Gasteiger partial charge in [0.15, 0.2) is 5.78 Å². The number of hydrogen-bond acceptors (Lipinski definition) is 3.